The van der Waals surface area contributed by atoms with Crippen molar-refractivity contribution < 1.29 is 19.1 Å². The van der Waals surface area contributed by atoms with E-state index in [1.807, 2.05) is 69.3 Å². The molecule has 1 N–H and O–H groups in total. The number of amides is 1. The number of fused-ring (bicyclic) bond motifs is 1. The molecule has 2 aromatic heterocycles. The van der Waals surface area contributed by atoms with Gasteiger partial charge in [-0.3, -0.25) is 9.59 Å². The molecule has 0 aliphatic heterocycles. The number of hydrogen-bond donors (Lipinski definition) is 1. The number of Topliss-reactive ketones (excluding diaryl/α,β-unsaturated/α-hetero) is 1. The third-order valence-electron chi connectivity index (χ3n) is 4.64. The van der Waals surface area contributed by atoms with Gasteiger partial charge in [0.1, 0.15) is 11.4 Å². The highest BCUT2D eigenvalue weighted by molar-refractivity contribution is 6.43. The van der Waals surface area contributed by atoms with Gasteiger partial charge in [-0.15, -0.1) is 0 Å². The van der Waals surface area contributed by atoms with Crippen LogP contribution in [0.15, 0.2) is 54.7 Å². The molecule has 0 unspecified atom stereocenters. The van der Waals surface area contributed by atoms with Crippen LogP contribution >= 0.6 is 0 Å². The molecule has 0 radical (unpaired) electrons. The number of ketones is 1. The van der Waals surface area contributed by atoms with E-state index in [2.05, 4.69) is 5.32 Å². The molecule has 0 saturated heterocycles. The van der Waals surface area contributed by atoms with Crippen LogP contribution in [0.5, 0.6) is 5.75 Å². The Balaban J connectivity index is 1.84. The fourth-order valence-corrected chi connectivity index (χ4v) is 3.25. The third-order valence-corrected chi connectivity index (χ3v) is 4.64. The van der Waals surface area contributed by atoms with Crippen molar-refractivity contribution in [3.8, 4) is 16.9 Å². The Morgan fingerprint density at radius 2 is 1.87 bits per heavy atom. The maximum absolute atomic E-state index is 13.1. The summed E-state index contributed by atoms with van der Waals surface area (Å²) in [7, 11) is 0. The molecule has 6 nitrogen and oxygen atoms in total. The predicted molar refractivity (Wildman–Crippen MR) is 117 cm³/mol. The highest BCUT2D eigenvalue weighted by Gasteiger charge is 2.24. The molecule has 6 heteroatoms. The Morgan fingerprint density at radius 1 is 1.10 bits per heavy atom. The van der Waals surface area contributed by atoms with Crippen LogP contribution in [0.3, 0.4) is 0 Å². The second-order valence-electron chi connectivity index (χ2n) is 7.22. The second kappa shape index (κ2) is 10.1. The Hall–Kier alpha value is -3.12. The number of carbonyl (C=O) groups excluding carboxylic acids is 2. The topological polar surface area (TPSA) is 69.0 Å². The van der Waals surface area contributed by atoms with Gasteiger partial charge < -0.3 is 19.2 Å². The second-order valence-corrected chi connectivity index (χ2v) is 7.22. The molecule has 2 heterocycles. The number of nitrogens with zero attached hydrogens (tertiary/aromatic N) is 1. The van der Waals surface area contributed by atoms with Crippen LogP contribution in [-0.2, 0) is 9.53 Å². The van der Waals surface area contributed by atoms with Crippen LogP contribution in [0.25, 0.3) is 16.6 Å². The zero-order valence-electron chi connectivity index (χ0n) is 17.7. The van der Waals surface area contributed by atoms with Gasteiger partial charge in [-0.05, 0) is 63.1 Å². The molecule has 3 aromatic rings. The van der Waals surface area contributed by atoms with Crippen molar-refractivity contribution in [3.05, 3.63) is 60.4 Å². The van der Waals surface area contributed by atoms with E-state index in [1.165, 1.54) is 0 Å². The summed E-state index contributed by atoms with van der Waals surface area (Å²) < 4.78 is 12.7. The van der Waals surface area contributed by atoms with Gasteiger partial charge in [0.2, 0.25) is 0 Å². The minimum atomic E-state index is -0.615. The molecule has 30 heavy (non-hydrogen) atoms. The van der Waals surface area contributed by atoms with E-state index >= 15 is 0 Å². The van der Waals surface area contributed by atoms with Crippen molar-refractivity contribution in [2.45, 2.75) is 33.3 Å². The monoisotopic (exact) mass is 408 g/mol. The van der Waals surface area contributed by atoms with Crippen LogP contribution in [0.2, 0.25) is 0 Å². The Labute approximate surface area is 176 Å². The van der Waals surface area contributed by atoms with Gasteiger partial charge in [-0.1, -0.05) is 18.2 Å². The van der Waals surface area contributed by atoms with E-state index in [4.69, 9.17) is 9.47 Å². The van der Waals surface area contributed by atoms with E-state index in [0.717, 1.165) is 16.8 Å². The first-order valence-corrected chi connectivity index (χ1v) is 10.3. The number of pyridine rings is 1. The molecule has 0 atom stereocenters. The normalized spacial score (nSPS) is 11.1. The molecule has 0 saturated carbocycles. The van der Waals surface area contributed by atoms with Crippen LogP contribution in [0.4, 0.5) is 0 Å². The van der Waals surface area contributed by atoms with E-state index in [9.17, 15) is 9.59 Å². The summed E-state index contributed by atoms with van der Waals surface area (Å²) in [6.45, 7) is 7.36. The highest BCUT2D eigenvalue weighted by Crippen LogP contribution is 2.29. The lowest BCUT2D eigenvalue weighted by molar-refractivity contribution is -0.117. The maximum Gasteiger partial charge on any atom is 0.294 e. The van der Waals surface area contributed by atoms with Crippen molar-refractivity contribution in [1.29, 1.82) is 0 Å². The molecule has 3 rings (SSSR count). The van der Waals surface area contributed by atoms with Crippen molar-refractivity contribution in [2.75, 3.05) is 19.8 Å². The number of rotatable bonds is 10. The number of hydrogen-bond acceptors (Lipinski definition) is 4. The first-order chi connectivity index (χ1) is 14.5. The van der Waals surface area contributed by atoms with Crippen LogP contribution in [0.1, 0.15) is 37.7 Å². The lowest BCUT2D eigenvalue weighted by atomic mass is 10.0. The average molecular weight is 408 g/mol. The van der Waals surface area contributed by atoms with Gasteiger partial charge in [0.25, 0.3) is 11.7 Å². The number of nitrogens with one attached hydrogen (secondary N) is 1. The van der Waals surface area contributed by atoms with E-state index in [1.54, 1.807) is 10.6 Å². The predicted octanol–water partition coefficient (Wildman–Crippen LogP) is 4.12. The lowest BCUT2D eigenvalue weighted by Crippen LogP contribution is -2.33. The maximum atomic E-state index is 13.1. The molecule has 0 aliphatic carbocycles. The van der Waals surface area contributed by atoms with Gasteiger partial charge >= 0.3 is 0 Å². The van der Waals surface area contributed by atoms with E-state index in [0.29, 0.717) is 37.4 Å². The van der Waals surface area contributed by atoms with Gasteiger partial charge in [-0.25, -0.2) is 0 Å². The summed E-state index contributed by atoms with van der Waals surface area (Å²) in [5, 5.41) is 2.71. The molecule has 0 fully saturated rings. The van der Waals surface area contributed by atoms with Crippen molar-refractivity contribution in [3.63, 3.8) is 0 Å². The van der Waals surface area contributed by atoms with Gasteiger partial charge in [0.05, 0.1) is 12.7 Å². The van der Waals surface area contributed by atoms with E-state index in [-0.39, 0.29) is 6.10 Å². The molecule has 1 amide bonds. The Morgan fingerprint density at radius 3 is 2.57 bits per heavy atom. The van der Waals surface area contributed by atoms with Crippen LogP contribution in [0, 0.1) is 0 Å². The Bertz CT molecular complexity index is 1010. The minimum Gasteiger partial charge on any atom is -0.494 e. The fourth-order valence-electron chi connectivity index (χ4n) is 3.25. The zero-order chi connectivity index (χ0) is 21.5. The number of ether oxygens (including phenoxy) is 2. The summed E-state index contributed by atoms with van der Waals surface area (Å²) in [4.78, 5) is 25.6. The van der Waals surface area contributed by atoms with Crippen molar-refractivity contribution in [2.24, 2.45) is 0 Å². The van der Waals surface area contributed by atoms with Gasteiger partial charge in [-0.2, -0.15) is 0 Å². The fraction of sp³-hybridized carbons (Fsp3) is 0.333. The number of carbonyl (C=O) groups is 2. The van der Waals surface area contributed by atoms with Crippen LogP contribution < -0.4 is 10.1 Å². The molecule has 0 spiro atoms. The minimum absolute atomic E-state index is 0.145. The summed E-state index contributed by atoms with van der Waals surface area (Å²) in [5.41, 5.74) is 2.77. The molecule has 1 aromatic carbocycles. The zero-order valence-corrected chi connectivity index (χ0v) is 17.7. The summed E-state index contributed by atoms with van der Waals surface area (Å²) in [5.74, 6) is -0.412. The number of benzene rings is 1. The van der Waals surface area contributed by atoms with Crippen molar-refractivity contribution in [1.82, 2.24) is 9.72 Å². The summed E-state index contributed by atoms with van der Waals surface area (Å²) in [6, 6.07) is 15.1. The lowest BCUT2D eigenvalue weighted by Gasteiger charge is -2.09. The van der Waals surface area contributed by atoms with E-state index < -0.39 is 11.7 Å². The summed E-state index contributed by atoms with van der Waals surface area (Å²) >= 11 is 0. The van der Waals surface area contributed by atoms with Gasteiger partial charge in [0.15, 0.2) is 0 Å². The first kappa shape index (κ1) is 21.6. The molecule has 0 bridgehead atoms. The molecule has 158 valence electrons. The standard InChI is InChI=1S/C24H28N2O4/c1-4-29-20-11-9-18(10-12-20)21-16-19-8-5-6-14-26(19)22(21)23(27)24(28)25-13-7-15-30-17(2)3/h5-6,8-12,14,16-17H,4,7,13,15H2,1-3H3,(H,25,28). The molecular weight excluding hydrogens is 380 g/mol. The molecular formula is C24H28N2O4. The summed E-state index contributed by atoms with van der Waals surface area (Å²) in [6.07, 6.45) is 2.59. The number of aromatic nitrogens is 1. The Kier molecular flexibility index (Phi) is 7.25. The quantitative estimate of drug-likeness (QED) is 0.311. The third kappa shape index (κ3) is 5.07. The highest BCUT2D eigenvalue weighted by atomic mass is 16.5. The van der Waals surface area contributed by atoms with Crippen molar-refractivity contribution >= 4 is 17.2 Å². The SMILES string of the molecule is CCOc1ccc(-c2cc3ccccn3c2C(=O)C(=O)NCCCOC(C)C)cc1. The average Bonchev–Trinajstić information content (AvgIpc) is 3.13. The smallest absolute Gasteiger partial charge is 0.294 e. The largest absolute Gasteiger partial charge is 0.494 e. The molecule has 0 aliphatic rings. The van der Waals surface area contributed by atoms with Gasteiger partial charge in [0, 0.05) is 30.4 Å². The first-order valence-electron chi connectivity index (χ1n) is 10.3. The van der Waals surface area contributed by atoms with Crippen LogP contribution in [-0.4, -0.2) is 42.0 Å².